The van der Waals surface area contributed by atoms with Gasteiger partial charge in [-0.2, -0.15) is 13.2 Å². The Hall–Kier alpha value is -4.06. The number of aliphatic hydroxyl groups is 1. The summed E-state index contributed by atoms with van der Waals surface area (Å²) in [6.07, 6.45) is -5.47. The lowest BCUT2D eigenvalue weighted by Gasteiger charge is -2.32. The fourth-order valence-corrected chi connectivity index (χ4v) is 4.99. The largest absolute Gasteiger partial charge is 0.494 e. The fourth-order valence-electron chi connectivity index (χ4n) is 4.57. The van der Waals surface area contributed by atoms with E-state index >= 15 is 0 Å². The number of ether oxygens (including phenoxy) is 2. The Morgan fingerprint density at radius 2 is 1.81 bits per heavy atom. The molecule has 220 valence electrons. The molecule has 3 aromatic rings. The number of nitrogens with zero attached hydrogens (tertiary/aromatic N) is 4. The van der Waals surface area contributed by atoms with E-state index in [9.17, 15) is 18.0 Å². The van der Waals surface area contributed by atoms with Gasteiger partial charge in [-0.3, -0.25) is 4.79 Å². The number of rotatable bonds is 12. The van der Waals surface area contributed by atoms with E-state index in [2.05, 4.69) is 26.0 Å². The van der Waals surface area contributed by atoms with Crippen molar-refractivity contribution in [1.82, 2.24) is 5.32 Å². The second kappa shape index (κ2) is 13.7. The maximum absolute atomic E-state index is 13.9. The zero-order valence-electron chi connectivity index (χ0n) is 22.2. The monoisotopic (exact) mass is 645 g/mol. The van der Waals surface area contributed by atoms with Crippen molar-refractivity contribution < 1.29 is 32.5 Å². The van der Waals surface area contributed by atoms with Gasteiger partial charge in [0.15, 0.2) is 11.6 Å². The van der Waals surface area contributed by atoms with Gasteiger partial charge in [0, 0.05) is 34.4 Å². The number of aliphatic imine (C=N–C) groups is 1. The van der Waals surface area contributed by atoms with Crippen LogP contribution in [0.5, 0.6) is 5.75 Å². The summed E-state index contributed by atoms with van der Waals surface area (Å²) in [6, 6.07) is 20.5. The number of aliphatic hydroxyl groups excluding tert-OH is 1. The molecule has 2 N–H and O–H groups in total. The number of alkyl halides is 3. The number of hydrogen-bond donors (Lipinski definition) is 2. The molecule has 4 rings (SSSR count). The zero-order chi connectivity index (χ0) is 30.2. The topological polar surface area (TPSA) is 129 Å². The smallest absolute Gasteiger partial charge is 0.405 e. The SMILES string of the molecule is [N-]=[N+]=NCc1ccccc1[C@H]1OC(c2ccc(OCCCO)cc2)=N[C@@]1(Cc1ccccc1Br)C(=O)NCC(F)(F)F. The Bertz CT molecular complexity index is 1480. The molecule has 1 aliphatic heterocycles. The fraction of sp³-hybridized carbons (Fsp3) is 0.310. The molecule has 0 aromatic heterocycles. The number of hydrogen-bond acceptors (Lipinski definition) is 6. The van der Waals surface area contributed by atoms with Crippen molar-refractivity contribution in [2.45, 2.75) is 37.2 Å². The van der Waals surface area contributed by atoms with Crippen LogP contribution in [0.15, 0.2) is 87.4 Å². The summed E-state index contributed by atoms with van der Waals surface area (Å²) in [4.78, 5) is 21.4. The quantitative estimate of drug-likeness (QED) is 0.105. The van der Waals surface area contributed by atoms with Crippen molar-refractivity contribution in [3.8, 4) is 5.75 Å². The number of halogens is 4. The Balaban J connectivity index is 1.85. The molecule has 0 saturated heterocycles. The number of carbonyl (C=O) groups excluding carboxylic acids is 1. The van der Waals surface area contributed by atoms with Crippen LogP contribution >= 0.6 is 15.9 Å². The van der Waals surface area contributed by atoms with Crippen molar-refractivity contribution in [3.05, 3.63) is 110 Å². The molecule has 0 aliphatic carbocycles. The minimum absolute atomic E-state index is 0.0126. The van der Waals surface area contributed by atoms with E-state index in [0.29, 0.717) is 45.5 Å². The van der Waals surface area contributed by atoms with Gasteiger partial charge < -0.3 is 19.9 Å². The third kappa shape index (κ3) is 7.41. The van der Waals surface area contributed by atoms with E-state index in [1.54, 1.807) is 72.8 Å². The van der Waals surface area contributed by atoms with Crippen LogP contribution in [0.4, 0.5) is 13.2 Å². The number of amides is 1. The van der Waals surface area contributed by atoms with Crippen molar-refractivity contribution in [3.63, 3.8) is 0 Å². The Labute approximate surface area is 248 Å². The lowest BCUT2D eigenvalue weighted by Crippen LogP contribution is -2.52. The van der Waals surface area contributed by atoms with E-state index in [-0.39, 0.29) is 25.5 Å². The predicted octanol–water partition coefficient (Wildman–Crippen LogP) is 6.20. The van der Waals surface area contributed by atoms with Crippen LogP contribution in [0, 0.1) is 0 Å². The summed E-state index contributed by atoms with van der Waals surface area (Å²) < 4.78 is 52.4. The van der Waals surface area contributed by atoms with Crippen LogP contribution in [-0.2, 0) is 22.5 Å². The summed E-state index contributed by atoms with van der Waals surface area (Å²) in [5.74, 6) is -0.391. The summed E-state index contributed by atoms with van der Waals surface area (Å²) in [7, 11) is 0. The molecule has 42 heavy (non-hydrogen) atoms. The molecular formula is C29H27BrF3N5O4. The molecule has 0 unspecified atom stereocenters. The van der Waals surface area contributed by atoms with Crippen LogP contribution in [0.3, 0.4) is 0 Å². The summed E-state index contributed by atoms with van der Waals surface area (Å²) in [5, 5.41) is 14.7. The molecule has 0 bridgehead atoms. The van der Waals surface area contributed by atoms with Gasteiger partial charge in [-0.05, 0) is 52.6 Å². The van der Waals surface area contributed by atoms with Crippen LogP contribution in [0.25, 0.3) is 10.4 Å². The maximum Gasteiger partial charge on any atom is 0.405 e. The average Bonchev–Trinajstić information content (AvgIpc) is 3.36. The Kier molecular flexibility index (Phi) is 10.1. The first-order chi connectivity index (χ1) is 20.2. The molecule has 1 heterocycles. The highest BCUT2D eigenvalue weighted by atomic mass is 79.9. The summed E-state index contributed by atoms with van der Waals surface area (Å²) >= 11 is 3.48. The molecule has 2 atom stereocenters. The van der Waals surface area contributed by atoms with Crippen LogP contribution < -0.4 is 10.1 Å². The van der Waals surface area contributed by atoms with Crippen molar-refractivity contribution in [2.24, 2.45) is 10.1 Å². The third-order valence-corrected chi connectivity index (χ3v) is 7.31. The number of nitrogens with one attached hydrogen (secondary N) is 1. The van der Waals surface area contributed by atoms with E-state index < -0.39 is 30.3 Å². The Morgan fingerprint density at radius 1 is 1.12 bits per heavy atom. The molecular weight excluding hydrogens is 619 g/mol. The molecule has 13 heteroatoms. The van der Waals surface area contributed by atoms with Crippen LogP contribution in [0.2, 0.25) is 0 Å². The highest BCUT2D eigenvalue weighted by Gasteiger charge is 2.54. The molecule has 0 spiro atoms. The van der Waals surface area contributed by atoms with Crippen LogP contribution in [-0.4, -0.2) is 48.4 Å². The average molecular weight is 646 g/mol. The normalized spacial score (nSPS) is 18.0. The number of carbonyl (C=O) groups is 1. The van der Waals surface area contributed by atoms with Gasteiger partial charge >= 0.3 is 6.18 Å². The minimum Gasteiger partial charge on any atom is -0.494 e. The first-order valence-corrected chi connectivity index (χ1v) is 13.7. The lowest BCUT2D eigenvalue weighted by atomic mass is 9.80. The number of azide groups is 1. The zero-order valence-corrected chi connectivity index (χ0v) is 23.8. The van der Waals surface area contributed by atoms with Gasteiger partial charge in [0.1, 0.15) is 12.3 Å². The first-order valence-electron chi connectivity index (χ1n) is 12.9. The standard InChI is InChI=1S/C29H27BrF3N5O4/c30-24-9-4-2-6-20(24)16-28(27(40)35-18-29(31,32)33)25(23-8-3-1-7-21(23)17-36-38-34)42-26(37-28)19-10-12-22(13-11-19)41-15-5-14-39/h1-4,6-13,25,39H,5,14-18H2,(H,35,40)/t25-,28-/m1/s1. The molecule has 1 amide bonds. The van der Waals surface area contributed by atoms with Gasteiger partial charge in [-0.25, -0.2) is 4.99 Å². The van der Waals surface area contributed by atoms with Gasteiger partial charge in [0.25, 0.3) is 5.91 Å². The summed E-state index contributed by atoms with van der Waals surface area (Å²) in [6.45, 7) is -1.33. The molecule has 0 saturated carbocycles. The highest BCUT2D eigenvalue weighted by Crippen LogP contribution is 2.44. The molecule has 9 nitrogen and oxygen atoms in total. The van der Waals surface area contributed by atoms with Gasteiger partial charge in [0.05, 0.1) is 13.2 Å². The predicted molar refractivity (Wildman–Crippen MR) is 153 cm³/mol. The second-order valence-corrected chi connectivity index (χ2v) is 10.3. The minimum atomic E-state index is -4.66. The van der Waals surface area contributed by atoms with Crippen LogP contribution in [0.1, 0.15) is 34.8 Å². The van der Waals surface area contributed by atoms with Gasteiger partial charge in [0.2, 0.25) is 5.90 Å². The van der Waals surface area contributed by atoms with Crippen molar-refractivity contribution in [1.29, 1.82) is 0 Å². The van der Waals surface area contributed by atoms with Gasteiger partial charge in [-0.15, -0.1) is 0 Å². The molecule has 0 fully saturated rings. The van der Waals surface area contributed by atoms with E-state index in [1.807, 2.05) is 5.32 Å². The molecule has 0 radical (unpaired) electrons. The first kappa shape index (κ1) is 30.9. The maximum atomic E-state index is 13.9. The van der Waals surface area contributed by atoms with E-state index in [4.69, 9.17) is 25.1 Å². The second-order valence-electron chi connectivity index (χ2n) is 9.44. The van der Waals surface area contributed by atoms with Crippen molar-refractivity contribution >= 4 is 27.7 Å². The Morgan fingerprint density at radius 3 is 2.48 bits per heavy atom. The number of benzene rings is 3. The molecule has 1 aliphatic rings. The third-order valence-electron chi connectivity index (χ3n) is 6.54. The van der Waals surface area contributed by atoms with E-state index in [1.165, 1.54) is 0 Å². The van der Waals surface area contributed by atoms with Crippen molar-refractivity contribution in [2.75, 3.05) is 19.8 Å². The van der Waals surface area contributed by atoms with Gasteiger partial charge in [-0.1, -0.05) is 63.5 Å². The van der Waals surface area contributed by atoms with E-state index in [0.717, 1.165) is 0 Å². The summed E-state index contributed by atoms with van der Waals surface area (Å²) in [5.41, 5.74) is 9.14. The lowest BCUT2D eigenvalue weighted by molar-refractivity contribution is -0.143. The highest BCUT2D eigenvalue weighted by molar-refractivity contribution is 9.10. The molecule has 3 aromatic carbocycles.